The number of nitrogens with zero attached hydrogens (tertiary/aromatic N) is 5. The number of hydrogen-bond acceptors (Lipinski definition) is 5. The Bertz CT molecular complexity index is 673. The molecule has 2 fully saturated rings. The highest BCUT2D eigenvalue weighted by molar-refractivity contribution is 7.20. The number of aromatic nitrogens is 3. The average Bonchev–Trinajstić information content (AvgIpc) is 3.20. The van der Waals surface area contributed by atoms with E-state index in [0.717, 1.165) is 41.0 Å². The monoisotopic (exact) mass is 347 g/mol. The zero-order valence-corrected chi connectivity index (χ0v) is 16.1. The van der Waals surface area contributed by atoms with E-state index < -0.39 is 0 Å². The highest BCUT2D eigenvalue weighted by Crippen LogP contribution is 2.31. The highest BCUT2D eigenvalue weighted by atomic mass is 32.1. The van der Waals surface area contributed by atoms with Crippen molar-refractivity contribution < 1.29 is 0 Å². The summed E-state index contributed by atoms with van der Waals surface area (Å²) in [5.74, 6) is 0. The first kappa shape index (κ1) is 16.3. The summed E-state index contributed by atoms with van der Waals surface area (Å²) in [6.07, 6.45) is 7.37. The molecule has 0 radical (unpaired) electrons. The lowest BCUT2D eigenvalue weighted by molar-refractivity contribution is 0.163. The van der Waals surface area contributed by atoms with Gasteiger partial charge in [-0.2, -0.15) is 0 Å². The molecule has 0 aromatic carbocycles. The van der Waals surface area contributed by atoms with E-state index in [4.69, 9.17) is 10.1 Å². The van der Waals surface area contributed by atoms with Crippen LogP contribution >= 0.6 is 11.3 Å². The van der Waals surface area contributed by atoms with Gasteiger partial charge in [-0.1, -0.05) is 32.1 Å². The van der Waals surface area contributed by atoms with E-state index >= 15 is 0 Å². The third-order valence-corrected chi connectivity index (χ3v) is 6.59. The zero-order chi connectivity index (χ0) is 16.9. The fourth-order valence-corrected chi connectivity index (χ4v) is 5.00. The second kappa shape index (κ2) is 5.99. The third-order valence-electron chi connectivity index (χ3n) is 5.61. The minimum Gasteiger partial charge on any atom is -0.347 e. The molecule has 2 saturated heterocycles. The van der Waals surface area contributed by atoms with Crippen LogP contribution in [0.25, 0.3) is 4.96 Å². The van der Waals surface area contributed by atoms with Crippen molar-refractivity contribution >= 4 is 21.4 Å². The summed E-state index contributed by atoms with van der Waals surface area (Å²) in [6.45, 7) is 12.5. The van der Waals surface area contributed by atoms with Crippen LogP contribution in [-0.2, 0) is 5.41 Å². The molecule has 0 spiro atoms. The van der Waals surface area contributed by atoms with Gasteiger partial charge in [-0.15, -0.1) is 5.10 Å². The van der Waals surface area contributed by atoms with Crippen LogP contribution in [0, 0.1) is 0 Å². The molecule has 2 aliphatic rings. The van der Waals surface area contributed by atoms with Crippen LogP contribution in [0.15, 0.2) is 6.20 Å². The molecule has 2 aliphatic heterocycles. The molecular weight excluding hydrogens is 318 g/mol. The van der Waals surface area contributed by atoms with E-state index in [1.54, 1.807) is 11.3 Å². The predicted octanol–water partition coefficient (Wildman–Crippen LogP) is 3.54. The Labute approximate surface area is 148 Å². The molecule has 5 nitrogen and oxygen atoms in total. The molecule has 0 bridgehead atoms. The van der Waals surface area contributed by atoms with Gasteiger partial charge in [0.05, 0.1) is 11.9 Å². The topological polar surface area (TPSA) is 36.7 Å². The number of rotatable bonds is 2. The van der Waals surface area contributed by atoms with Gasteiger partial charge < -0.3 is 4.90 Å². The van der Waals surface area contributed by atoms with Crippen LogP contribution in [0.3, 0.4) is 0 Å². The zero-order valence-electron chi connectivity index (χ0n) is 15.3. The van der Waals surface area contributed by atoms with Crippen LogP contribution < -0.4 is 4.90 Å². The summed E-state index contributed by atoms with van der Waals surface area (Å²) >= 11 is 1.73. The van der Waals surface area contributed by atoms with Gasteiger partial charge >= 0.3 is 0 Å². The van der Waals surface area contributed by atoms with E-state index in [2.05, 4.69) is 43.7 Å². The number of likely N-dealkylation sites (tertiary alicyclic amines) is 1. The molecule has 1 atom stereocenters. The van der Waals surface area contributed by atoms with E-state index in [1.807, 2.05) is 4.52 Å². The summed E-state index contributed by atoms with van der Waals surface area (Å²) in [5.41, 5.74) is 1.20. The fraction of sp³-hybridized carbons (Fsp3) is 0.778. The van der Waals surface area contributed by atoms with Gasteiger partial charge in [-0.05, 0) is 39.2 Å². The van der Waals surface area contributed by atoms with Crippen molar-refractivity contribution in [2.75, 3.05) is 24.5 Å². The number of anilines is 1. The van der Waals surface area contributed by atoms with Gasteiger partial charge in [0.2, 0.25) is 10.1 Å². The molecule has 0 aliphatic carbocycles. The quantitative estimate of drug-likeness (QED) is 0.832. The second-order valence-corrected chi connectivity index (χ2v) is 9.37. The molecule has 6 heteroatoms. The van der Waals surface area contributed by atoms with E-state index in [-0.39, 0.29) is 5.41 Å². The molecule has 24 heavy (non-hydrogen) atoms. The largest absolute Gasteiger partial charge is 0.347 e. The van der Waals surface area contributed by atoms with Crippen molar-refractivity contribution in [3.63, 3.8) is 0 Å². The van der Waals surface area contributed by atoms with Crippen LogP contribution in [-0.4, -0.2) is 51.2 Å². The molecule has 2 aromatic heterocycles. The van der Waals surface area contributed by atoms with Crippen molar-refractivity contribution in [3.8, 4) is 0 Å². The Hall–Kier alpha value is -1.14. The Morgan fingerprint density at radius 3 is 2.46 bits per heavy atom. The van der Waals surface area contributed by atoms with Crippen molar-refractivity contribution in [1.29, 1.82) is 0 Å². The van der Waals surface area contributed by atoms with Crippen LogP contribution in [0.5, 0.6) is 0 Å². The van der Waals surface area contributed by atoms with Crippen LogP contribution in [0.4, 0.5) is 5.13 Å². The second-order valence-electron chi connectivity index (χ2n) is 8.44. The Morgan fingerprint density at radius 2 is 1.88 bits per heavy atom. The molecule has 0 N–H and O–H groups in total. The van der Waals surface area contributed by atoms with Crippen molar-refractivity contribution in [3.05, 3.63) is 11.9 Å². The molecule has 0 saturated carbocycles. The minimum atomic E-state index is 0.0817. The maximum absolute atomic E-state index is 4.79. The van der Waals surface area contributed by atoms with E-state index in [0.29, 0.717) is 0 Å². The molecule has 0 amide bonds. The lowest BCUT2D eigenvalue weighted by atomic mass is 9.93. The first-order valence-electron chi connectivity index (χ1n) is 9.29. The normalized spacial score (nSPS) is 24.3. The summed E-state index contributed by atoms with van der Waals surface area (Å²) in [5, 5.41) is 5.92. The first-order chi connectivity index (χ1) is 11.4. The summed E-state index contributed by atoms with van der Waals surface area (Å²) in [6, 6.07) is 1.55. The Morgan fingerprint density at radius 1 is 1.12 bits per heavy atom. The first-order valence-corrected chi connectivity index (χ1v) is 10.1. The number of hydrogen-bond donors (Lipinski definition) is 0. The number of piperidine rings is 1. The summed E-state index contributed by atoms with van der Waals surface area (Å²) in [7, 11) is 0. The molecular formula is C18H29N5S. The Kier molecular flexibility index (Phi) is 4.07. The van der Waals surface area contributed by atoms with Crippen molar-refractivity contribution in [2.24, 2.45) is 0 Å². The SMILES string of the molecule is CC1CCCN1C1CCN(c2nn3cc(C(C)(C)C)nc3s2)CC1. The average molecular weight is 348 g/mol. The van der Waals surface area contributed by atoms with E-state index in [9.17, 15) is 0 Å². The smallest absolute Gasteiger partial charge is 0.214 e. The number of fused-ring (bicyclic) bond motifs is 1. The van der Waals surface area contributed by atoms with E-state index in [1.165, 1.54) is 32.2 Å². The molecule has 132 valence electrons. The molecule has 1 unspecified atom stereocenters. The third kappa shape index (κ3) is 2.94. The fourth-order valence-electron chi connectivity index (χ4n) is 4.07. The molecule has 4 heterocycles. The van der Waals surface area contributed by atoms with Gasteiger partial charge in [0.1, 0.15) is 0 Å². The molecule has 4 rings (SSSR count). The minimum absolute atomic E-state index is 0.0817. The van der Waals surface area contributed by atoms with Crippen molar-refractivity contribution in [1.82, 2.24) is 19.5 Å². The van der Waals surface area contributed by atoms with Crippen LogP contribution in [0.1, 0.15) is 59.1 Å². The lowest BCUT2D eigenvalue weighted by Crippen LogP contribution is -2.46. The van der Waals surface area contributed by atoms with Gasteiger partial charge in [0.25, 0.3) is 0 Å². The maximum atomic E-state index is 4.79. The van der Waals surface area contributed by atoms with Gasteiger partial charge in [0, 0.05) is 30.6 Å². The predicted molar refractivity (Wildman–Crippen MR) is 100 cm³/mol. The summed E-state index contributed by atoms with van der Waals surface area (Å²) < 4.78 is 1.97. The number of imidazole rings is 1. The van der Waals surface area contributed by atoms with Gasteiger partial charge in [0.15, 0.2) is 0 Å². The molecule has 2 aromatic rings. The maximum Gasteiger partial charge on any atom is 0.214 e. The lowest BCUT2D eigenvalue weighted by Gasteiger charge is -2.38. The summed E-state index contributed by atoms with van der Waals surface area (Å²) in [4.78, 5) is 11.0. The highest BCUT2D eigenvalue weighted by Gasteiger charge is 2.31. The standard InChI is InChI=1S/C18H29N5S/c1-13-6-5-9-22(13)14-7-10-21(11-8-14)17-20-23-12-15(18(2,3)4)19-16(23)24-17/h12-14H,5-11H2,1-4H3. The van der Waals surface area contributed by atoms with Crippen molar-refractivity contribution in [2.45, 2.75) is 70.9 Å². The Balaban J connectivity index is 1.44. The van der Waals surface area contributed by atoms with Gasteiger partial charge in [-0.25, -0.2) is 9.50 Å². The van der Waals surface area contributed by atoms with Gasteiger partial charge in [-0.3, -0.25) is 4.90 Å². The van der Waals surface area contributed by atoms with Crippen LogP contribution in [0.2, 0.25) is 0 Å².